The van der Waals surface area contributed by atoms with E-state index in [1.165, 1.54) is 0 Å². The topological polar surface area (TPSA) is 212 Å². The number of rotatable bonds is 13. The largest absolute Gasteiger partial charge is 0.479 e. The maximum atomic E-state index is 13.5. The zero-order valence-corrected chi connectivity index (χ0v) is 22.1. The Bertz CT molecular complexity index is 981. The van der Waals surface area contributed by atoms with Gasteiger partial charge in [0.15, 0.2) is 5.78 Å². The average molecular weight is 539 g/mol. The van der Waals surface area contributed by atoms with Gasteiger partial charge in [-0.25, -0.2) is 19.3 Å². The van der Waals surface area contributed by atoms with Crippen LogP contribution in [-0.4, -0.2) is 81.3 Å². The van der Waals surface area contributed by atoms with Crippen molar-refractivity contribution in [2.24, 2.45) is 11.5 Å². The molecule has 1 rings (SSSR count). The summed E-state index contributed by atoms with van der Waals surface area (Å²) in [5.74, 6) is -4.66. The van der Waals surface area contributed by atoms with Crippen LogP contribution in [0, 0.1) is 0 Å². The molecule has 0 radical (unpaired) electrons. The summed E-state index contributed by atoms with van der Waals surface area (Å²) < 4.78 is 10.3. The number of carbonyl (C=O) groups excluding carboxylic acids is 4. The molecule has 3 amide bonds. The average Bonchev–Trinajstić information content (AvgIpc) is 2.84. The zero-order valence-electron chi connectivity index (χ0n) is 22.1. The van der Waals surface area contributed by atoms with Crippen molar-refractivity contribution < 1.29 is 43.7 Å². The van der Waals surface area contributed by atoms with E-state index in [-0.39, 0.29) is 17.9 Å². The van der Waals surface area contributed by atoms with Gasteiger partial charge >= 0.3 is 18.2 Å². The molecular weight excluding hydrogens is 500 g/mol. The van der Waals surface area contributed by atoms with Crippen LogP contribution in [0.2, 0.25) is 0 Å². The van der Waals surface area contributed by atoms with E-state index in [0.29, 0.717) is 24.9 Å². The molecule has 0 bridgehead atoms. The minimum absolute atomic E-state index is 0.0134. The van der Waals surface area contributed by atoms with Crippen LogP contribution in [0.25, 0.3) is 0 Å². The highest BCUT2D eigenvalue weighted by Crippen LogP contribution is 2.24. The monoisotopic (exact) mass is 538 g/mol. The van der Waals surface area contributed by atoms with Crippen molar-refractivity contribution >= 4 is 29.8 Å². The SMILES string of the molecule is CC(NC(=O)OC(C)(C)C)C(=O)C(CO)(C(=O)O)N(C(=O)OCc1ccccc1)C(=O)C(N)CCCCN. The van der Waals surface area contributed by atoms with Gasteiger partial charge < -0.3 is 36.5 Å². The minimum atomic E-state index is -3.16. The highest BCUT2D eigenvalue weighted by Gasteiger charge is 2.58. The van der Waals surface area contributed by atoms with Gasteiger partial charge in [0.25, 0.3) is 0 Å². The van der Waals surface area contributed by atoms with E-state index in [0.717, 1.165) is 6.92 Å². The number of Topliss-reactive ketones (excluding diaryl/α,β-unsaturated/α-hetero) is 1. The van der Waals surface area contributed by atoms with Gasteiger partial charge in [-0.1, -0.05) is 36.8 Å². The summed E-state index contributed by atoms with van der Waals surface area (Å²) >= 11 is 0. The van der Waals surface area contributed by atoms with E-state index >= 15 is 0 Å². The van der Waals surface area contributed by atoms with E-state index in [1.807, 2.05) is 0 Å². The second-order valence-corrected chi connectivity index (χ2v) is 9.66. The molecule has 13 heteroatoms. The highest BCUT2D eigenvalue weighted by molar-refractivity contribution is 6.16. The number of hydrogen-bond donors (Lipinski definition) is 5. The van der Waals surface area contributed by atoms with E-state index in [1.54, 1.807) is 51.1 Å². The molecule has 212 valence electrons. The van der Waals surface area contributed by atoms with Gasteiger partial charge in [0.05, 0.1) is 18.7 Å². The quantitative estimate of drug-likeness (QED) is 0.176. The number of unbranched alkanes of at least 4 members (excludes halogenated alkanes) is 1. The summed E-state index contributed by atoms with van der Waals surface area (Å²) in [5, 5.41) is 22.5. The lowest BCUT2D eigenvalue weighted by molar-refractivity contribution is -0.167. The normalized spacial score (nSPS) is 14.4. The molecule has 1 aromatic carbocycles. The molecule has 3 unspecified atom stereocenters. The number of imide groups is 1. The molecule has 0 fully saturated rings. The summed E-state index contributed by atoms with van der Waals surface area (Å²) in [7, 11) is 0. The molecule has 0 aliphatic heterocycles. The fourth-order valence-corrected chi connectivity index (χ4v) is 3.45. The molecule has 1 aromatic rings. The van der Waals surface area contributed by atoms with E-state index in [9.17, 15) is 34.2 Å². The van der Waals surface area contributed by atoms with Gasteiger partial charge in [-0.15, -0.1) is 0 Å². The van der Waals surface area contributed by atoms with Crippen molar-refractivity contribution in [2.45, 2.75) is 76.8 Å². The Morgan fingerprint density at radius 3 is 2.18 bits per heavy atom. The Morgan fingerprint density at radius 1 is 1.08 bits per heavy atom. The summed E-state index contributed by atoms with van der Waals surface area (Å²) in [4.78, 5) is 64.8. The number of alkyl carbamates (subject to hydrolysis) is 1. The Hall–Kier alpha value is -3.55. The number of aliphatic hydroxyl groups excluding tert-OH is 1. The molecule has 0 aliphatic carbocycles. The second-order valence-electron chi connectivity index (χ2n) is 9.66. The Kier molecular flexibility index (Phi) is 12.3. The van der Waals surface area contributed by atoms with Crippen molar-refractivity contribution in [3.05, 3.63) is 35.9 Å². The number of carbonyl (C=O) groups is 5. The number of aliphatic carboxylic acids is 1. The first-order chi connectivity index (χ1) is 17.7. The fourth-order valence-electron chi connectivity index (χ4n) is 3.45. The van der Waals surface area contributed by atoms with Crippen LogP contribution >= 0.6 is 0 Å². The number of carboxylic acids is 1. The van der Waals surface area contributed by atoms with Crippen molar-refractivity contribution in [1.29, 1.82) is 0 Å². The first-order valence-electron chi connectivity index (χ1n) is 12.1. The molecule has 0 saturated carbocycles. The summed E-state index contributed by atoms with van der Waals surface area (Å²) in [6.07, 6.45) is -1.68. The minimum Gasteiger partial charge on any atom is -0.479 e. The predicted octanol–water partition coefficient (Wildman–Crippen LogP) is 0.906. The van der Waals surface area contributed by atoms with E-state index < -0.39 is 59.7 Å². The first kappa shape index (κ1) is 32.5. The van der Waals surface area contributed by atoms with Gasteiger partial charge in [0, 0.05) is 0 Å². The number of nitrogens with two attached hydrogens (primary N) is 2. The van der Waals surface area contributed by atoms with Gasteiger partial charge in [0.1, 0.15) is 12.2 Å². The van der Waals surface area contributed by atoms with Gasteiger partial charge in [-0.2, -0.15) is 0 Å². The Balaban J connectivity index is 3.44. The number of benzene rings is 1. The maximum Gasteiger partial charge on any atom is 0.418 e. The molecule has 7 N–H and O–H groups in total. The van der Waals surface area contributed by atoms with Gasteiger partial charge in [0.2, 0.25) is 11.4 Å². The highest BCUT2D eigenvalue weighted by atomic mass is 16.6. The van der Waals surface area contributed by atoms with Crippen molar-refractivity contribution in [2.75, 3.05) is 13.2 Å². The lowest BCUT2D eigenvalue weighted by Crippen LogP contribution is -2.71. The molecule has 0 heterocycles. The molecule has 0 spiro atoms. The van der Waals surface area contributed by atoms with Crippen LogP contribution in [0.15, 0.2) is 30.3 Å². The lowest BCUT2D eigenvalue weighted by atomic mass is 9.87. The van der Waals surface area contributed by atoms with E-state index in [2.05, 4.69) is 5.32 Å². The molecule has 0 aliphatic rings. The van der Waals surface area contributed by atoms with Crippen LogP contribution in [0.5, 0.6) is 0 Å². The number of amides is 3. The van der Waals surface area contributed by atoms with Crippen molar-refractivity contribution in [3.63, 3.8) is 0 Å². The zero-order chi connectivity index (χ0) is 29.1. The smallest absolute Gasteiger partial charge is 0.418 e. The molecule has 0 aromatic heterocycles. The summed E-state index contributed by atoms with van der Waals surface area (Å²) in [6, 6.07) is 5.26. The molecule has 3 atom stereocenters. The molecule has 13 nitrogen and oxygen atoms in total. The number of nitrogens with one attached hydrogen (secondary N) is 1. The van der Waals surface area contributed by atoms with Crippen molar-refractivity contribution in [1.82, 2.24) is 10.2 Å². The van der Waals surface area contributed by atoms with Crippen LogP contribution in [0.4, 0.5) is 9.59 Å². The third-order valence-electron chi connectivity index (χ3n) is 5.39. The van der Waals surface area contributed by atoms with Gasteiger partial charge in [-0.05, 0) is 52.6 Å². The number of aliphatic hydroxyl groups is 1. The standard InChI is InChI=1S/C25H38N4O9/c1-16(28-22(35)38-24(2,3)4)19(31)25(15-30,21(33)34)29(20(32)18(27)12-8-9-13-26)23(36)37-14-17-10-6-5-7-11-17/h5-7,10-11,16,18,30H,8-9,12-15,26-27H2,1-4H3,(H,28,35)(H,33,34). The van der Waals surface area contributed by atoms with Crippen LogP contribution < -0.4 is 16.8 Å². The van der Waals surface area contributed by atoms with Crippen LogP contribution in [0.3, 0.4) is 0 Å². The molecular formula is C25H38N4O9. The maximum absolute atomic E-state index is 13.5. The summed E-state index contributed by atoms with van der Waals surface area (Å²) in [5.41, 5.74) is 7.84. The summed E-state index contributed by atoms with van der Waals surface area (Å²) in [6.45, 7) is 4.28. The number of ketones is 1. The number of nitrogens with zero attached hydrogens (tertiary/aromatic N) is 1. The molecule has 38 heavy (non-hydrogen) atoms. The Morgan fingerprint density at radius 2 is 1.68 bits per heavy atom. The first-order valence-corrected chi connectivity index (χ1v) is 12.1. The number of ether oxygens (including phenoxy) is 2. The predicted molar refractivity (Wildman–Crippen MR) is 136 cm³/mol. The lowest BCUT2D eigenvalue weighted by Gasteiger charge is -2.38. The van der Waals surface area contributed by atoms with Crippen LogP contribution in [0.1, 0.15) is 52.5 Å². The van der Waals surface area contributed by atoms with E-state index in [4.69, 9.17) is 20.9 Å². The fraction of sp³-hybridized carbons (Fsp3) is 0.560. The second kappa shape index (κ2) is 14.4. The van der Waals surface area contributed by atoms with Crippen LogP contribution in [-0.2, 0) is 30.5 Å². The Labute approximate surface area is 221 Å². The molecule has 0 saturated heterocycles. The number of carboxylic acid groups (broad SMARTS) is 1. The van der Waals surface area contributed by atoms with Gasteiger partial charge in [-0.3, -0.25) is 9.59 Å². The van der Waals surface area contributed by atoms with Crippen molar-refractivity contribution in [3.8, 4) is 0 Å². The third kappa shape index (κ3) is 8.78. The third-order valence-corrected chi connectivity index (χ3v) is 5.39. The number of hydrogen-bond acceptors (Lipinski definition) is 10.